The van der Waals surface area contributed by atoms with Crippen molar-refractivity contribution >= 4 is 16.8 Å². The summed E-state index contributed by atoms with van der Waals surface area (Å²) in [6.07, 6.45) is 8.90. The summed E-state index contributed by atoms with van der Waals surface area (Å²) in [5.41, 5.74) is 6.88. The van der Waals surface area contributed by atoms with Gasteiger partial charge in [-0.3, -0.25) is 0 Å². The summed E-state index contributed by atoms with van der Waals surface area (Å²) in [5, 5.41) is 1.92. The normalized spacial score (nSPS) is 15.9. The molecule has 1 aromatic heterocycles. The Labute approximate surface area is 340 Å². The Morgan fingerprint density at radius 3 is 1.91 bits per heavy atom. The SMILES string of the molecule is CCCCCCOc1ccc(C2(c3nc(-c4ccccc4)nc(-c4ccccc4)n3)C=Cc3c4c(c5cc(OC)c(OC)cc5c3O2)-c2ccccc2C4(C)C)cc1. The molecule has 1 atom stereocenters. The number of ether oxygens (including phenoxy) is 4. The maximum Gasteiger partial charge on any atom is 0.212 e. The minimum absolute atomic E-state index is 0.324. The molecule has 0 N–H and O–H groups in total. The molecule has 1 aliphatic heterocycles. The summed E-state index contributed by atoms with van der Waals surface area (Å²) in [4.78, 5) is 15.6. The first-order valence-corrected chi connectivity index (χ1v) is 20.2. The van der Waals surface area contributed by atoms with Crippen LogP contribution in [0.4, 0.5) is 0 Å². The van der Waals surface area contributed by atoms with Gasteiger partial charge in [-0.1, -0.05) is 143 Å². The highest BCUT2D eigenvalue weighted by atomic mass is 16.5. The van der Waals surface area contributed by atoms with Crippen molar-refractivity contribution in [3.05, 3.63) is 155 Å². The van der Waals surface area contributed by atoms with Crippen LogP contribution in [0.5, 0.6) is 23.0 Å². The van der Waals surface area contributed by atoms with Crippen molar-refractivity contribution < 1.29 is 18.9 Å². The molecular formula is C51H47N3O4. The van der Waals surface area contributed by atoms with Crippen LogP contribution in [-0.2, 0) is 11.0 Å². The molecule has 1 aliphatic carbocycles. The summed E-state index contributed by atoms with van der Waals surface area (Å²) in [5.74, 6) is 4.37. The first kappa shape index (κ1) is 37.1. The van der Waals surface area contributed by atoms with E-state index in [1.807, 2.05) is 78.9 Å². The Morgan fingerprint density at radius 2 is 1.28 bits per heavy atom. The molecule has 0 radical (unpaired) electrons. The molecule has 0 amide bonds. The van der Waals surface area contributed by atoms with Crippen LogP contribution >= 0.6 is 0 Å². The van der Waals surface area contributed by atoms with Gasteiger partial charge >= 0.3 is 0 Å². The Balaban J connectivity index is 1.30. The number of benzene rings is 6. The zero-order chi connectivity index (χ0) is 39.9. The molecule has 9 rings (SSSR count). The molecule has 290 valence electrons. The topological polar surface area (TPSA) is 75.6 Å². The molecule has 7 heteroatoms. The second-order valence-electron chi connectivity index (χ2n) is 15.6. The van der Waals surface area contributed by atoms with Crippen molar-refractivity contribution in [2.24, 2.45) is 0 Å². The second-order valence-corrected chi connectivity index (χ2v) is 15.6. The van der Waals surface area contributed by atoms with E-state index in [0.717, 1.165) is 57.4 Å². The maximum absolute atomic E-state index is 7.67. The van der Waals surface area contributed by atoms with Crippen LogP contribution in [0.2, 0.25) is 0 Å². The van der Waals surface area contributed by atoms with Crippen LogP contribution in [0, 0.1) is 0 Å². The lowest BCUT2D eigenvalue weighted by Gasteiger charge is -2.37. The average Bonchev–Trinajstić information content (AvgIpc) is 3.52. The molecule has 0 bridgehead atoms. The fourth-order valence-corrected chi connectivity index (χ4v) is 8.67. The third-order valence-corrected chi connectivity index (χ3v) is 11.6. The van der Waals surface area contributed by atoms with Gasteiger partial charge in [0.15, 0.2) is 29.0 Å². The number of hydrogen-bond acceptors (Lipinski definition) is 7. The van der Waals surface area contributed by atoms with Gasteiger partial charge in [0.25, 0.3) is 0 Å². The van der Waals surface area contributed by atoms with Crippen LogP contribution in [0.3, 0.4) is 0 Å². The fraction of sp³-hybridized carbons (Fsp3) is 0.235. The van der Waals surface area contributed by atoms with E-state index in [1.54, 1.807) is 14.2 Å². The molecule has 0 spiro atoms. The number of fused-ring (bicyclic) bond motifs is 8. The molecule has 7 nitrogen and oxygen atoms in total. The monoisotopic (exact) mass is 765 g/mol. The summed E-state index contributed by atoms with van der Waals surface area (Å²) >= 11 is 0. The minimum Gasteiger partial charge on any atom is -0.494 e. The minimum atomic E-state index is -1.27. The van der Waals surface area contributed by atoms with Crippen LogP contribution in [0.1, 0.15) is 74.5 Å². The van der Waals surface area contributed by atoms with Crippen molar-refractivity contribution in [3.63, 3.8) is 0 Å². The van der Waals surface area contributed by atoms with E-state index in [2.05, 4.69) is 75.4 Å². The Kier molecular flexibility index (Phi) is 9.68. The quantitative estimate of drug-likeness (QED) is 0.115. The largest absolute Gasteiger partial charge is 0.494 e. The van der Waals surface area contributed by atoms with Crippen molar-refractivity contribution in [1.29, 1.82) is 0 Å². The molecule has 1 unspecified atom stereocenters. The lowest BCUT2D eigenvalue weighted by Crippen LogP contribution is -2.37. The van der Waals surface area contributed by atoms with Gasteiger partial charge in [0.2, 0.25) is 5.60 Å². The van der Waals surface area contributed by atoms with Crippen LogP contribution in [-0.4, -0.2) is 35.8 Å². The van der Waals surface area contributed by atoms with Crippen LogP contribution in [0.25, 0.3) is 50.8 Å². The first-order valence-electron chi connectivity index (χ1n) is 20.2. The van der Waals surface area contributed by atoms with Crippen molar-refractivity contribution in [2.45, 2.75) is 57.5 Å². The molecule has 2 heterocycles. The smallest absolute Gasteiger partial charge is 0.212 e. The van der Waals surface area contributed by atoms with Crippen molar-refractivity contribution in [2.75, 3.05) is 20.8 Å². The van der Waals surface area contributed by atoms with Crippen LogP contribution < -0.4 is 18.9 Å². The maximum atomic E-state index is 7.67. The summed E-state index contributed by atoms with van der Waals surface area (Å²) in [6.45, 7) is 7.48. The molecule has 0 fully saturated rings. The van der Waals surface area contributed by atoms with Gasteiger partial charge in [0, 0.05) is 33.1 Å². The van der Waals surface area contributed by atoms with Gasteiger partial charge in [-0.05, 0) is 64.4 Å². The van der Waals surface area contributed by atoms with Gasteiger partial charge in [-0.25, -0.2) is 15.0 Å². The Hall–Kier alpha value is -6.47. The summed E-state index contributed by atoms with van der Waals surface area (Å²) in [6, 6.07) is 41.1. The predicted molar refractivity (Wildman–Crippen MR) is 232 cm³/mol. The van der Waals surface area contributed by atoms with E-state index < -0.39 is 5.60 Å². The van der Waals surface area contributed by atoms with Gasteiger partial charge in [0.1, 0.15) is 11.5 Å². The van der Waals surface area contributed by atoms with E-state index in [0.29, 0.717) is 35.6 Å². The van der Waals surface area contributed by atoms with Gasteiger partial charge in [-0.2, -0.15) is 0 Å². The van der Waals surface area contributed by atoms with E-state index >= 15 is 0 Å². The molecule has 0 saturated carbocycles. The summed E-state index contributed by atoms with van der Waals surface area (Å²) in [7, 11) is 3.35. The lowest BCUT2D eigenvalue weighted by molar-refractivity contribution is 0.152. The van der Waals surface area contributed by atoms with E-state index in [-0.39, 0.29) is 5.41 Å². The highest BCUT2D eigenvalue weighted by Crippen LogP contribution is 2.59. The van der Waals surface area contributed by atoms with Gasteiger partial charge in [0.05, 0.1) is 20.8 Å². The zero-order valence-corrected chi connectivity index (χ0v) is 33.7. The molecule has 6 aromatic carbocycles. The average molecular weight is 766 g/mol. The number of nitrogens with zero attached hydrogens (tertiary/aromatic N) is 3. The van der Waals surface area contributed by atoms with E-state index in [4.69, 9.17) is 33.9 Å². The first-order chi connectivity index (χ1) is 28.4. The standard InChI is InChI=1S/C51H47N3O4/c1-6-7-8-17-30-57-36-26-24-35(25-27-36)51(49-53-47(33-18-11-9-12-19-33)52-48(54-49)34-20-13-10-14-21-34)29-28-38-45-44(37-22-15-16-23-41(37)50(45,2)3)39-31-42(55-4)43(56-5)32-40(39)46(38)58-51/h9-16,18-29,31-32H,6-8,17,30H2,1-5H3. The number of rotatable bonds is 12. The third kappa shape index (κ3) is 6.26. The fourth-order valence-electron chi connectivity index (χ4n) is 8.67. The predicted octanol–water partition coefficient (Wildman–Crippen LogP) is 12.0. The van der Waals surface area contributed by atoms with Gasteiger partial charge < -0.3 is 18.9 Å². The molecular weight excluding hydrogens is 719 g/mol. The second kappa shape index (κ2) is 15.1. The van der Waals surface area contributed by atoms with Crippen molar-refractivity contribution in [3.8, 4) is 56.9 Å². The molecule has 58 heavy (non-hydrogen) atoms. The highest BCUT2D eigenvalue weighted by Gasteiger charge is 2.46. The molecule has 2 aliphatic rings. The Bertz CT molecular complexity index is 2600. The number of unbranched alkanes of at least 4 members (excludes halogenated alkanes) is 3. The Morgan fingerprint density at radius 1 is 0.655 bits per heavy atom. The molecule has 7 aromatic rings. The van der Waals surface area contributed by atoms with Gasteiger partial charge in [-0.15, -0.1) is 0 Å². The van der Waals surface area contributed by atoms with E-state index in [9.17, 15) is 0 Å². The third-order valence-electron chi connectivity index (χ3n) is 11.6. The lowest BCUT2D eigenvalue weighted by atomic mass is 9.77. The number of hydrogen-bond donors (Lipinski definition) is 0. The van der Waals surface area contributed by atoms with Crippen molar-refractivity contribution in [1.82, 2.24) is 15.0 Å². The van der Waals surface area contributed by atoms with Crippen LogP contribution in [0.15, 0.2) is 127 Å². The number of aromatic nitrogens is 3. The number of methoxy groups -OCH3 is 2. The zero-order valence-electron chi connectivity index (χ0n) is 33.7. The molecule has 0 saturated heterocycles. The highest BCUT2D eigenvalue weighted by molar-refractivity contribution is 6.09. The van der Waals surface area contributed by atoms with E-state index in [1.165, 1.54) is 35.1 Å². The summed E-state index contributed by atoms with van der Waals surface area (Å²) < 4.78 is 25.7.